The molecule has 2 aromatic heterocycles. The molecule has 176 valence electrons. The lowest BCUT2D eigenvalue weighted by molar-refractivity contribution is -0.174. The van der Waals surface area contributed by atoms with Crippen LogP contribution in [0.25, 0.3) is 33.1 Å². The van der Waals surface area contributed by atoms with Crippen molar-refractivity contribution in [1.82, 2.24) is 14.9 Å². The third kappa shape index (κ3) is 4.33. The summed E-state index contributed by atoms with van der Waals surface area (Å²) in [4.78, 5) is 41.1. The number of carbonyl (C=O) groups is 2. The third-order valence-electron chi connectivity index (χ3n) is 5.69. The first-order chi connectivity index (χ1) is 16.1. The van der Waals surface area contributed by atoms with Gasteiger partial charge < -0.3 is 10.3 Å². The van der Waals surface area contributed by atoms with Crippen LogP contribution < -0.4 is 10.9 Å². The summed E-state index contributed by atoms with van der Waals surface area (Å²) in [5.41, 5.74) is 1.62. The minimum absolute atomic E-state index is 0.278. The molecule has 0 aliphatic rings. The molecule has 9 heteroatoms. The van der Waals surface area contributed by atoms with Gasteiger partial charge in [-0.2, -0.15) is 13.2 Å². The number of Topliss-reactive ketones (excluding diaryl/α,β-unsaturated/α-hetero) is 1. The van der Waals surface area contributed by atoms with E-state index in [2.05, 4.69) is 10.3 Å². The molecule has 0 aliphatic carbocycles. The number of aromatic amines is 1. The van der Waals surface area contributed by atoms with E-state index in [1.165, 1.54) is 18.4 Å². The maximum absolute atomic E-state index is 13.4. The van der Waals surface area contributed by atoms with E-state index >= 15 is 0 Å². The fourth-order valence-electron chi connectivity index (χ4n) is 4.02. The molecule has 0 radical (unpaired) electrons. The minimum Gasteiger partial charge on any atom is -0.350 e. The number of alkyl halides is 3. The van der Waals surface area contributed by atoms with Crippen LogP contribution in [0.1, 0.15) is 13.8 Å². The van der Waals surface area contributed by atoms with E-state index in [-0.39, 0.29) is 5.52 Å². The first-order valence-corrected chi connectivity index (χ1v) is 10.7. The van der Waals surface area contributed by atoms with Gasteiger partial charge in [-0.05, 0) is 23.6 Å². The monoisotopic (exact) mass is 469 g/mol. The maximum Gasteiger partial charge on any atom is 0.452 e. The Morgan fingerprint density at radius 1 is 1.00 bits per heavy atom. The summed E-state index contributed by atoms with van der Waals surface area (Å²) in [5, 5.41) is 3.68. The van der Waals surface area contributed by atoms with Crippen molar-refractivity contribution in [3.63, 3.8) is 0 Å². The van der Waals surface area contributed by atoms with Crippen molar-refractivity contribution < 1.29 is 22.8 Å². The highest BCUT2D eigenvalue weighted by Crippen LogP contribution is 2.28. The zero-order chi connectivity index (χ0) is 24.6. The predicted molar refractivity (Wildman–Crippen MR) is 123 cm³/mol. The van der Waals surface area contributed by atoms with Gasteiger partial charge in [0.15, 0.2) is 0 Å². The van der Waals surface area contributed by atoms with E-state index in [1.54, 1.807) is 36.4 Å². The summed E-state index contributed by atoms with van der Waals surface area (Å²) in [7, 11) is 0. The molecule has 0 saturated carbocycles. The number of nitrogens with zero attached hydrogens (tertiary/aromatic N) is 1. The number of aromatic nitrogens is 2. The van der Waals surface area contributed by atoms with Crippen LogP contribution in [-0.4, -0.2) is 33.5 Å². The Balaban J connectivity index is 1.80. The number of halogens is 3. The number of pyridine rings is 1. The molecule has 0 bridgehead atoms. The molecule has 1 amide bonds. The Labute approximate surface area is 192 Å². The summed E-state index contributed by atoms with van der Waals surface area (Å²) in [6, 6.07) is 16.3. The molecule has 2 N–H and O–H groups in total. The lowest BCUT2D eigenvalue weighted by Gasteiger charge is -2.23. The second kappa shape index (κ2) is 8.81. The van der Waals surface area contributed by atoms with Crippen molar-refractivity contribution in [2.45, 2.75) is 32.6 Å². The minimum atomic E-state index is -5.09. The van der Waals surface area contributed by atoms with Crippen LogP contribution in [0.3, 0.4) is 0 Å². The number of benzene rings is 2. The van der Waals surface area contributed by atoms with Crippen LogP contribution in [0.2, 0.25) is 0 Å². The Morgan fingerprint density at radius 2 is 1.65 bits per heavy atom. The van der Waals surface area contributed by atoms with E-state index in [1.807, 2.05) is 24.3 Å². The molecule has 1 atom stereocenters. The zero-order valence-corrected chi connectivity index (χ0v) is 18.4. The van der Waals surface area contributed by atoms with Crippen LogP contribution >= 0.6 is 0 Å². The molecular weight excluding hydrogens is 447 g/mol. The number of rotatable bonds is 6. The number of hydrogen-bond donors (Lipinski definition) is 2. The Kier molecular flexibility index (Phi) is 6.03. The van der Waals surface area contributed by atoms with Gasteiger partial charge in [-0.3, -0.25) is 19.0 Å². The van der Waals surface area contributed by atoms with E-state index in [4.69, 9.17) is 0 Å². The average molecular weight is 469 g/mol. The molecule has 0 aliphatic heterocycles. The molecule has 4 aromatic rings. The highest BCUT2D eigenvalue weighted by Gasteiger charge is 2.45. The number of H-pyrrole nitrogens is 1. The predicted octanol–water partition coefficient (Wildman–Crippen LogP) is 4.42. The molecule has 0 fully saturated rings. The van der Waals surface area contributed by atoms with Gasteiger partial charge >= 0.3 is 6.18 Å². The van der Waals surface area contributed by atoms with Crippen molar-refractivity contribution in [3.8, 4) is 11.3 Å². The second-order valence-corrected chi connectivity index (χ2v) is 8.40. The lowest BCUT2D eigenvalue weighted by Crippen LogP contribution is -2.50. The standard InChI is InChI=1S/C25H22F3N3O3/c1-14(2)21(23(33)25(26,27)28)30-20(32)13-31-19(15-8-4-3-5-9-15)12-17-16-10-6-7-11-18(16)29-22(17)24(31)34/h3-12,14,21,29H,13H2,1-2H3,(H,30,32). The van der Waals surface area contributed by atoms with E-state index < -0.39 is 41.9 Å². The number of nitrogens with one attached hydrogen (secondary N) is 2. The molecule has 6 nitrogen and oxygen atoms in total. The Morgan fingerprint density at radius 3 is 2.29 bits per heavy atom. The number of carbonyl (C=O) groups excluding carboxylic acids is 2. The first-order valence-electron chi connectivity index (χ1n) is 10.7. The average Bonchev–Trinajstić information content (AvgIpc) is 3.17. The van der Waals surface area contributed by atoms with Crippen LogP contribution in [0.15, 0.2) is 65.5 Å². The molecule has 0 saturated heterocycles. The smallest absolute Gasteiger partial charge is 0.350 e. The van der Waals surface area contributed by atoms with Gasteiger partial charge in [0, 0.05) is 16.3 Å². The summed E-state index contributed by atoms with van der Waals surface area (Å²) in [6.45, 7) is 2.27. The van der Waals surface area contributed by atoms with Crippen molar-refractivity contribution in [1.29, 1.82) is 0 Å². The van der Waals surface area contributed by atoms with Crippen LogP contribution in [-0.2, 0) is 16.1 Å². The lowest BCUT2D eigenvalue weighted by atomic mass is 9.99. The fourth-order valence-corrected chi connectivity index (χ4v) is 4.02. The summed E-state index contributed by atoms with van der Waals surface area (Å²) >= 11 is 0. The number of ketones is 1. The Hall–Kier alpha value is -3.88. The molecule has 1 unspecified atom stereocenters. The van der Waals surface area contributed by atoms with Gasteiger partial charge in [0.1, 0.15) is 12.1 Å². The van der Waals surface area contributed by atoms with Crippen LogP contribution in [0.5, 0.6) is 0 Å². The number of fused-ring (bicyclic) bond motifs is 3. The van der Waals surface area contributed by atoms with Crippen LogP contribution in [0.4, 0.5) is 13.2 Å². The number of hydrogen-bond acceptors (Lipinski definition) is 3. The van der Waals surface area contributed by atoms with Gasteiger partial charge in [0.05, 0.1) is 11.7 Å². The molecule has 2 heterocycles. The largest absolute Gasteiger partial charge is 0.452 e. The van der Waals surface area contributed by atoms with Crippen molar-refractivity contribution in [3.05, 3.63) is 71.0 Å². The van der Waals surface area contributed by atoms with Crippen molar-refractivity contribution >= 4 is 33.5 Å². The summed E-state index contributed by atoms with van der Waals surface area (Å²) < 4.78 is 40.2. The van der Waals surface area contributed by atoms with Crippen LogP contribution in [0, 0.1) is 5.92 Å². The third-order valence-corrected chi connectivity index (χ3v) is 5.69. The SMILES string of the molecule is CC(C)C(NC(=O)Cn1c(-c2ccccc2)cc2c([nH]c3ccccc32)c1=O)C(=O)C(F)(F)F. The molecule has 2 aromatic carbocycles. The Bertz CT molecular complexity index is 1440. The number of amides is 1. The van der Waals surface area contributed by atoms with E-state index in [9.17, 15) is 27.6 Å². The van der Waals surface area contributed by atoms with Crippen molar-refractivity contribution in [2.24, 2.45) is 5.92 Å². The van der Waals surface area contributed by atoms with Gasteiger partial charge in [0.2, 0.25) is 5.91 Å². The van der Waals surface area contributed by atoms with E-state index in [0.29, 0.717) is 16.6 Å². The molecular formula is C25H22F3N3O3. The summed E-state index contributed by atoms with van der Waals surface area (Å²) in [5.74, 6) is -3.69. The van der Waals surface area contributed by atoms with Gasteiger partial charge in [0.25, 0.3) is 11.3 Å². The summed E-state index contributed by atoms with van der Waals surface area (Å²) in [6.07, 6.45) is -5.09. The highest BCUT2D eigenvalue weighted by molar-refractivity contribution is 6.08. The van der Waals surface area contributed by atoms with E-state index in [0.717, 1.165) is 10.9 Å². The topological polar surface area (TPSA) is 84.0 Å². The molecule has 0 spiro atoms. The van der Waals surface area contributed by atoms with Gasteiger partial charge in [-0.15, -0.1) is 0 Å². The van der Waals surface area contributed by atoms with Crippen molar-refractivity contribution in [2.75, 3.05) is 0 Å². The number of para-hydroxylation sites is 1. The highest BCUT2D eigenvalue weighted by atomic mass is 19.4. The zero-order valence-electron chi connectivity index (χ0n) is 18.4. The fraction of sp³-hybridized carbons (Fsp3) is 0.240. The molecule has 34 heavy (non-hydrogen) atoms. The first kappa shape index (κ1) is 23.3. The second-order valence-electron chi connectivity index (χ2n) is 8.40. The maximum atomic E-state index is 13.4. The van der Waals surface area contributed by atoms with Gasteiger partial charge in [-0.1, -0.05) is 62.4 Å². The molecule has 4 rings (SSSR count). The van der Waals surface area contributed by atoms with Gasteiger partial charge in [-0.25, -0.2) is 0 Å². The normalized spacial score (nSPS) is 12.9. The quantitative estimate of drug-likeness (QED) is 0.439.